The first kappa shape index (κ1) is 18.3. The van der Waals surface area contributed by atoms with Gasteiger partial charge in [0.25, 0.3) is 0 Å². The van der Waals surface area contributed by atoms with Crippen LogP contribution in [-0.4, -0.2) is 25.0 Å². The molecular formula is C19H22N2O4. The van der Waals surface area contributed by atoms with E-state index in [1.54, 1.807) is 24.3 Å². The molecule has 0 aliphatic rings. The van der Waals surface area contributed by atoms with Crippen molar-refractivity contribution >= 4 is 17.5 Å². The minimum absolute atomic E-state index is 0.150. The van der Waals surface area contributed by atoms with E-state index < -0.39 is 5.91 Å². The molecule has 0 aliphatic carbocycles. The van der Waals surface area contributed by atoms with E-state index in [9.17, 15) is 9.59 Å². The summed E-state index contributed by atoms with van der Waals surface area (Å²) in [6.45, 7) is 2.88. The average Bonchev–Trinajstić information content (AvgIpc) is 2.60. The van der Waals surface area contributed by atoms with Crippen LogP contribution in [-0.2, 0) is 4.79 Å². The molecule has 3 N–H and O–H groups in total. The molecular weight excluding hydrogens is 320 g/mol. The van der Waals surface area contributed by atoms with Crippen LogP contribution in [0.1, 0.15) is 30.1 Å². The number of rotatable bonds is 9. The molecule has 0 aromatic heterocycles. The van der Waals surface area contributed by atoms with Crippen LogP contribution in [0.3, 0.4) is 0 Å². The maximum Gasteiger partial charge on any atom is 0.248 e. The van der Waals surface area contributed by atoms with Gasteiger partial charge in [0, 0.05) is 17.7 Å². The molecule has 0 saturated heterocycles. The van der Waals surface area contributed by atoms with Gasteiger partial charge in [0.15, 0.2) is 11.5 Å². The first-order valence-corrected chi connectivity index (χ1v) is 8.14. The van der Waals surface area contributed by atoms with E-state index in [1.807, 2.05) is 31.2 Å². The molecule has 6 heteroatoms. The molecule has 25 heavy (non-hydrogen) atoms. The smallest absolute Gasteiger partial charge is 0.248 e. The monoisotopic (exact) mass is 342 g/mol. The third-order valence-corrected chi connectivity index (χ3v) is 3.39. The molecule has 2 aromatic rings. The summed E-state index contributed by atoms with van der Waals surface area (Å²) in [5.74, 6) is 0.678. The van der Waals surface area contributed by atoms with Gasteiger partial charge in [-0.05, 0) is 43.7 Å². The van der Waals surface area contributed by atoms with E-state index in [2.05, 4.69) is 5.32 Å². The summed E-state index contributed by atoms with van der Waals surface area (Å²) in [6.07, 6.45) is 0.861. The fourth-order valence-electron chi connectivity index (χ4n) is 2.23. The Bertz CT molecular complexity index is 731. The fourth-order valence-corrected chi connectivity index (χ4v) is 2.23. The zero-order valence-corrected chi connectivity index (χ0v) is 14.2. The number of para-hydroxylation sites is 2. The number of amides is 2. The van der Waals surface area contributed by atoms with Gasteiger partial charge in [-0.3, -0.25) is 9.59 Å². The summed E-state index contributed by atoms with van der Waals surface area (Å²) in [6, 6.07) is 14.0. The SMILES string of the molecule is CCOc1ccccc1OCCCC(=O)Nc1cccc(C(N)=O)c1. The maximum absolute atomic E-state index is 12.0. The Balaban J connectivity index is 1.77. The van der Waals surface area contributed by atoms with Gasteiger partial charge in [-0.2, -0.15) is 0 Å². The van der Waals surface area contributed by atoms with Crippen LogP contribution >= 0.6 is 0 Å². The third-order valence-electron chi connectivity index (χ3n) is 3.39. The Kier molecular flexibility index (Phi) is 6.83. The van der Waals surface area contributed by atoms with Crippen molar-refractivity contribution in [2.75, 3.05) is 18.5 Å². The number of anilines is 1. The van der Waals surface area contributed by atoms with Gasteiger partial charge < -0.3 is 20.5 Å². The number of ether oxygens (including phenoxy) is 2. The molecule has 2 rings (SSSR count). The summed E-state index contributed by atoms with van der Waals surface area (Å²) in [5, 5.41) is 2.74. The number of nitrogens with one attached hydrogen (secondary N) is 1. The number of benzene rings is 2. The lowest BCUT2D eigenvalue weighted by molar-refractivity contribution is -0.116. The van der Waals surface area contributed by atoms with Gasteiger partial charge in [-0.25, -0.2) is 0 Å². The summed E-state index contributed by atoms with van der Waals surface area (Å²) in [4.78, 5) is 23.1. The predicted molar refractivity (Wildman–Crippen MR) is 95.9 cm³/mol. The summed E-state index contributed by atoms with van der Waals surface area (Å²) < 4.78 is 11.2. The zero-order valence-electron chi connectivity index (χ0n) is 14.2. The molecule has 2 aromatic carbocycles. The summed E-state index contributed by atoms with van der Waals surface area (Å²) in [7, 11) is 0. The Labute approximate surface area is 146 Å². The van der Waals surface area contributed by atoms with Crippen molar-refractivity contribution in [1.82, 2.24) is 0 Å². The molecule has 2 amide bonds. The van der Waals surface area contributed by atoms with Gasteiger partial charge in [0.1, 0.15) is 0 Å². The second kappa shape index (κ2) is 9.32. The number of primary amides is 1. The quantitative estimate of drug-likeness (QED) is 0.686. The average molecular weight is 342 g/mol. The van der Waals surface area contributed by atoms with Gasteiger partial charge in [-0.1, -0.05) is 18.2 Å². The topological polar surface area (TPSA) is 90.7 Å². The van der Waals surface area contributed by atoms with Gasteiger partial charge >= 0.3 is 0 Å². The van der Waals surface area contributed by atoms with Crippen LogP contribution in [0.25, 0.3) is 0 Å². The van der Waals surface area contributed by atoms with Crippen molar-refractivity contribution in [2.45, 2.75) is 19.8 Å². The van der Waals surface area contributed by atoms with Crippen molar-refractivity contribution < 1.29 is 19.1 Å². The van der Waals surface area contributed by atoms with Gasteiger partial charge in [0.2, 0.25) is 11.8 Å². The normalized spacial score (nSPS) is 10.1. The highest BCUT2D eigenvalue weighted by molar-refractivity contribution is 5.96. The van der Waals surface area contributed by atoms with Crippen LogP contribution in [0, 0.1) is 0 Å². The van der Waals surface area contributed by atoms with E-state index in [4.69, 9.17) is 15.2 Å². The number of hydrogen-bond donors (Lipinski definition) is 2. The largest absolute Gasteiger partial charge is 0.490 e. The molecule has 0 aliphatic heterocycles. The highest BCUT2D eigenvalue weighted by Crippen LogP contribution is 2.26. The minimum Gasteiger partial charge on any atom is -0.490 e. The molecule has 0 heterocycles. The summed E-state index contributed by atoms with van der Waals surface area (Å²) in [5.41, 5.74) is 6.12. The van der Waals surface area contributed by atoms with Crippen molar-refractivity contribution in [1.29, 1.82) is 0 Å². The van der Waals surface area contributed by atoms with Crippen LogP contribution in [0.15, 0.2) is 48.5 Å². The highest BCUT2D eigenvalue weighted by Gasteiger charge is 2.07. The maximum atomic E-state index is 12.0. The van der Waals surface area contributed by atoms with E-state index >= 15 is 0 Å². The number of carbonyl (C=O) groups is 2. The van der Waals surface area contributed by atoms with Gasteiger partial charge in [-0.15, -0.1) is 0 Å². The van der Waals surface area contributed by atoms with Gasteiger partial charge in [0.05, 0.1) is 13.2 Å². The molecule has 0 atom stereocenters. The molecule has 0 saturated carbocycles. The Morgan fingerprint density at radius 1 is 1.04 bits per heavy atom. The third kappa shape index (κ3) is 5.84. The summed E-state index contributed by atoms with van der Waals surface area (Å²) >= 11 is 0. The Hall–Kier alpha value is -3.02. The lowest BCUT2D eigenvalue weighted by Crippen LogP contribution is -2.15. The molecule has 0 fully saturated rings. The molecule has 6 nitrogen and oxygen atoms in total. The van der Waals surface area contributed by atoms with E-state index in [0.29, 0.717) is 48.8 Å². The second-order valence-corrected chi connectivity index (χ2v) is 5.32. The van der Waals surface area contributed by atoms with E-state index in [-0.39, 0.29) is 5.91 Å². The molecule has 0 spiro atoms. The van der Waals surface area contributed by atoms with Crippen molar-refractivity contribution in [3.63, 3.8) is 0 Å². The van der Waals surface area contributed by atoms with Crippen LogP contribution in [0.5, 0.6) is 11.5 Å². The first-order chi connectivity index (χ1) is 12.1. The lowest BCUT2D eigenvalue weighted by Gasteiger charge is -2.11. The number of nitrogens with two attached hydrogens (primary N) is 1. The van der Waals surface area contributed by atoms with Crippen molar-refractivity contribution in [3.8, 4) is 11.5 Å². The second-order valence-electron chi connectivity index (χ2n) is 5.32. The first-order valence-electron chi connectivity index (χ1n) is 8.14. The number of hydrogen-bond acceptors (Lipinski definition) is 4. The lowest BCUT2D eigenvalue weighted by atomic mass is 10.2. The van der Waals surface area contributed by atoms with Crippen LogP contribution < -0.4 is 20.5 Å². The van der Waals surface area contributed by atoms with E-state index in [1.165, 1.54) is 0 Å². The van der Waals surface area contributed by atoms with Crippen molar-refractivity contribution in [2.24, 2.45) is 5.73 Å². The number of carbonyl (C=O) groups excluding carboxylic acids is 2. The fraction of sp³-hybridized carbons (Fsp3) is 0.263. The molecule has 132 valence electrons. The van der Waals surface area contributed by atoms with Crippen molar-refractivity contribution in [3.05, 3.63) is 54.1 Å². The standard InChI is InChI=1S/C19H22N2O4/c1-2-24-16-9-3-4-10-17(16)25-12-6-11-18(22)21-15-8-5-7-14(13-15)19(20)23/h3-5,7-10,13H,2,6,11-12H2,1H3,(H2,20,23)(H,21,22). The highest BCUT2D eigenvalue weighted by atomic mass is 16.5. The predicted octanol–water partition coefficient (Wildman–Crippen LogP) is 2.98. The molecule has 0 radical (unpaired) electrons. The molecule has 0 bridgehead atoms. The Morgan fingerprint density at radius 3 is 2.44 bits per heavy atom. The van der Waals surface area contributed by atoms with Crippen LogP contribution in [0.4, 0.5) is 5.69 Å². The zero-order chi connectivity index (χ0) is 18.1. The Morgan fingerprint density at radius 2 is 1.76 bits per heavy atom. The minimum atomic E-state index is -0.530. The molecule has 0 unspecified atom stereocenters. The van der Waals surface area contributed by atoms with Crippen LogP contribution in [0.2, 0.25) is 0 Å². The van der Waals surface area contributed by atoms with E-state index in [0.717, 1.165) is 0 Å².